The van der Waals surface area contributed by atoms with Gasteiger partial charge >= 0.3 is 23.9 Å². The van der Waals surface area contributed by atoms with Gasteiger partial charge < -0.3 is 28.4 Å². The van der Waals surface area contributed by atoms with Gasteiger partial charge in [0.25, 0.3) is 0 Å². The van der Waals surface area contributed by atoms with E-state index in [2.05, 4.69) is 13.2 Å². The molecule has 2 heterocycles. The Balaban J connectivity index is 1.06. The largest absolute Gasteiger partial charge is 0.497 e. The fraction of sp³-hybridized carbons (Fsp3) is 0.390. The highest BCUT2D eigenvalue weighted by Crippen LogP contribution is 2.43. The Hall–Kier alpha value is -5.01. The third-order valence-corrected chi connectivity index (χ3v) is 12.0. The molecule has 1 atom stereocenters. The second-order valence-corrected chi connectivity index (χ2v) is 15.4. The Labute approximate surface area is 321 Å². The molecule has 3 aliphatic carbocycles. The van der Waals surface area contributed by atoms with Crippen molar-refractivity contribution >= 4 is 56.8 Å². The molecule has 0 bridgehead atoms. The number of rotatable bonds is 13. The average molecular weight is 774 g/mol. The number of hydrogen-bond donors (Lipinski definition) is 0. The zero-order valence-electron chi connectivity index (χ0n) is 30.3. The number of nitrogens with zero attached hydrogens (tertiary/aromatic N) is 1. The van der Waals surface area contributed by atoms with Crippen LogP contribution in [-0.4, -0.2) is 49.2 Å². The van der Waals surface area contributed by atoms with Gasteiger partial charge in [0.2, 0.25) is 0 Å². The van der Waals surface area contributed by atoms with E-state index in [9.17, 15) is 19.2 Å². The van der Waals surface area contributed by atoms with Gasteiger partial charge in [-0.25, -0.2) is 4.98 Å². The number of thiophene rings is 1. The van der Waals surface area contributed by atoms with Crippen LogP contribution in [0.3, 0.4) is 0 Å². The summed E-state index contributed by atoms with van der Waals surface area (Å²) in [7, 11) is 3.09. The van der Waals surface area contributed by atoms with Crippen molar-refractivity contribution in [2.45, 2.75) is 63.9 Å². The summed E-state index contributed by atoms with van der Waals surface area (Å²) in [6, 6.07) is 7.13. The highest BCUT2D eigenvalue weighted by molar-refractivity contribution is 7.25. The molecular formula is C41H43NO10S2. The predicted molar refractivity (Wildman–Crippen MR) is 204 cm³/mol. The van der Waals surface area contributed by atoms with Crippen LogP contribution in [0.1, 0.15) is 57.8 Å². The van der Waals surface area contributed by atoms with Crippen molar-refractivity contribution in [2.75, 3.05) is 14.2 Å². The molecule has 2 saturated carbocycles. The van der Waals surface area contributed by atoms with Crippen LogP contribution < -0.4 is 9.47 Å². The van der Waals surface area contributed by atoms with Crippen LogP contribution in [-0.2, 0) is 38.1 Å². The number of benzene rings is 1. The lowest BCUT2D eigenvalue weighted by Gasteiger charge is -2.27. The molecule has 0 spiro atoms. The summed E-state index contributed by atoms with van der Waals surface area (Å²) >= 11 is 2.89. The normalized spacial score (nSPS) is 22.6. The molecule has 6 rings (SSSR count). The van der Waals surface area contributed by atoms with E-state index in [1.807, 2.05) is 29.7 Å². The van der Waals surface area contributed by atoms with Crippen molar-refractivity contribution in [3.63, 3.8) is 0 Å². The summed E-state index contributed by atoms with van der Waals surface area (Å²) in [6.07, 6.45) is 12.7. The Bertz CT molecular complexity index is 1970. The van der Waals surface area contributed by atoms with Gasteiger partial charge in [-0.15, -0.1) is 22.7 Å². The first-order chi connectivity index (χ1) is 26.1. The molecule has 3 aromatic rings. The van der Waals surface area contributed by atoms with Gasteiger partial charge in [-0.05, 0) is 105 Å². The third kappa shape index (κ3) is 9.55. The number of carbonyl (C=O) groups is 4. The van der Waals surface area contributed by atoms with Gasteiger partial charge in [-0.3, -0.25) is 19.2 Å². The van der Waals surface area contributed by atoms with Crippen LogP contribution in [0.25, 0.3) is 20.1 Å². The summed E-state index contributed by atoms with van der Waals surface area (Å²) in [5, 5.41) is 2.66. The molecule has 0 amide bonds. The summed E-state index contributed by atoms with van der Waals surface area (Å²) < 4.78 is 33.8. The Kier molecular flexibility index (Phi) is 12.8. The minimum absolute atomic E-state index is 0.182. The highest BCUT2D eigenvalue weighted by Gasteiger charge is 2.35. The standard InChI is InChI=1S/C41H43NO10S2/c1-24(47-3)7-8-25(2)49-38(43)26-9-13-29(14-10-26)41(46)52-33-22-21-32(35-36(33)54-37(42-35)34-6-5-23-53-34)51-40(45)28-15-11-27(12-16-28)39(44)50-31-19-17-30(48-4)18-20-31/h5-8,17-19,21-23,26-29,31H,1-2,9-16,20H2,3-4H3/b8-7-. The number of carbonyl (C=O) groups excluding carboxylic acids is 4. The Morgan fingerprint density at radius 1 is 0.778 bits per heavy atom. The Morgan fingerprint density at radius 3 is 1.94 bits per heavy atom. The summed E-state index contributed by atoms with van der Waals surface area (Å²) in [5.74, 6) is -0.884. The van der Waals surface area contributed by atoms with E-state index in [-0.39, 0.29) is 53.3 Å². The maximum atomic E-state index is 13.5. The van der Waals surface area contributed by atoms with Crippen LogP contribution >= 0.6 is 22.7 Å². The summed E-state index contributed by atoms with van der Waals surface area (Å²) in [4.78, 5) is 58.2. The molecule has 0 N–H and O–H groups in total. The zero-order valence-corrected chi connectivity index (χ0v) is 31.9. The van der Waals surface area contributed by atoms with E-state index in [0.717, 1.165) is 10.6 Å². The molecule has 54 heavy (non-hydrogen) atoms. The first-order valence-corrected chi connectivity index (χ1v) is 19.7. The number of methoxy groups -OCH3 is 2. The minimum atomic E-state index is -0.397. The van der Waals surface area contributed by atoms with E-state index in [0.29, 0.717) is 84.5 Å². The van der Waals surface area contributed by atoms with Gasteiger partial charge in [0.1, 0.15) is 38.6 Å². The van der Waals surface area contributed by atoms with Crippen molar-refractivity contribution in [1.29, 1.82) is 0 Å². The van der Waals surface area contributed by atoms with Crippen LogP contribution in [0.5, 0.6) is 11.5 Å². The van der Waals surface area contributed by atoms with Gasteiger partial charge in [-0.2, -0.15) is 0 Å². The summed E-state index contributed by atoms with van der Waals surface area (Å²) in [5.41, 5.74) is 0.431. The van der Waals surface area contributed by atoms with Crippen molar-refractivity contribution < 1.29 is 47.6 Å². The molecule has 1 aromatic carbocycles. The molecule has 2 aromatic heterocycles. The van der Waals surface area contributed by atoms with E-state index < -0.39 is 11.9 Å². The number of hydrogen-bond acceptors (Lipinski definition) is 13. The topological polar surface area (TPSA) is 137 Å². The molecule has 0 radical (unpaired) electrons. The monoisotopic (exact) mass is 773 g/mol. The van der Waals surface area contributed by atoms with Crippen molar-refractivity contribution in [2.24, 2.45) is 23.7 Å². The first kappa shape index (κ1) is 38.7. The second-order valence-electron chi connectivity index (χ2n) is 13.4. The van der Waals surface area contributed by atoms with Crippen molar-refractivity contribution in [3.8, 4) is 21.4 Å². The summed E-state index contributed by atoms with van der Waals surface area (Å²) in [6.45, 7) is 7.43. The molecular weight excluding hydrogens is 731 g/mol. The molecule has 1 unspecified atom stereocenters. The molecule has 0 saturated heterocycles. The molecule has 0 aliphatic heterocycles. The van der Waals surface area contributed by atoms with E-state index in [1.165, 1.54) is 35.9 Å². The lowest BCUT2D eigenvalue weighted by atomic mass is 9.82. The van der Waals surface area contributed by atoms with Crippen molar-refractivity contribution in [3.05, 3.63) is 90.5 Å². The van der Waals surface area contributed by atoms with E-state index >= 15 is 0 Å². The van der Waals surface area contributed by atoms with Gasteiger partial charge in [-0.1, -0.05) is 19.2 Å². The fourth-order valence-corrected chi connectivity index (χ4v) is 8.54. The van der Waals surface area contributed by atoms with Crippen LogP contribution in [0.15, 0.2) is 90.5 Å². The number of esters is 4. The molecule has 284 valence electrons. The number of aromatic nitrogens is 1. The second kappa shape index (κ2) is 17.9. The zero-order chi connectivity index (χ0) is 38.2. The van der Waals surface area contributed by atoms with Gasteiger partial charge in [0.05, 0.1) is 42.8 Å². The lowest BCUT2D eigenvalue weighted by Crippen LogP contribution is -2.31. The van der Waals surface area contributed by atoms with Gasteiger partial charge in [0.15, 0.2) is 11.5 Å². The molecule has 3 aliphatic rings. The quantitative estimate of drug-likeness (QED) is 0.0715. The number of fused-ring (bicyclic) bond motifs is 1. The number of thiazole rings is 1. The van der Waals surface area contributed by atoms with E-state index in [4.69, 9.17) is 33.4 Å². The van der Waals surface area contributed by atoms with Crippen LogP contribution in [0.2, 0.25) is 0 Å². The first-order valence-electron chi connectivity index (χ1n) is 18.0. The van der Waals surface area contributed by atoms with Crippen LogP contribution in [0.4, 0.5) is 0 Å². The fourth-order valence-electron chi connectivity index (χ4n) is 6.71. The minimum Gasteiger partial charge on any atom is -0.497 e. The Morgan fingerprint density at radius 2 is 1.37 bits per heavy atom. The number of allylic oxidation sites excluding steroid dienone is 3. The smallest absolute Gasteiger partial charge is 0.314 e. The third-order valence-electron chi connectivity index (χ3n) is 9.89. The maximum Gasteiger partial charge on any atom is 0.314 e. The lowest BCUT2D eigenvalue weighted by molar-refractivity contribution is -0.155. The molecule has 11 nitrogen and oxygen atoms in total. The predicted octanol–water partition coefficient (Wildman–Crippen LogP) is 8.62. The maximum absolute atomic E-state index is 13.5. The molecule has 2 fully saturated rings. The van der Waals surface area contributed by atoms with E-state index in [1.54, 1.807) is 31.4 Å². The van der Waals surface area contributed by atoms with Gasteiger partial charge in [0, 0.05) is 6.42 Å². The van der Waals surface area contributed by atoms with Crippen molar-refractivity contribution in [1.82, 2.24) is 4.98 Å². The number of ether oxygens (including phenoxy) is 6. The average Bonchev–Trinajstić information content (AvgIpc) is 3.90. The SMILES string of the molecule is C=C(/C=C\C(=C)OC(=O)C1CCC(C(=O)Oc2ccc(OC(=O)C3CCC(C(=O)OC4C=CC(OC)=CC4)CC3)c3nc(-c4cccs4)sc23)CC1)OC. The highest BCUT2D eigenvalue weighted by atomic mass is 32.1. The molecule has 13 heteroatoms. The van der Waals surface area contributed by atoms with Crippen LogP contribution in [0, 0.1) is 23.7 Å².